The Morgan fingerprint density at radius 2 is 2.00 bits per heavy atom. The van der Waals surface area contributed by atoms with E-state index in [4.69, 9.17) is 10.2 Å². The number of hydrogen-bond acceptors (Lipinski definition) is 3. The maximum absolute atomic E-state index is 8.44. The lowest BCUT2D eigenvalue weighted by atomic mass is 10.3. The third kappa shape index (κ3) is 2.26. The van der Waals surface area contributed by atoms with Gasteiger partial charge in [-0.2, -0.15) is 0 Å². The van der Waals surface area contributed by atoms with Gasteiger partial charge >= 0.3 is 0 Å². The number of ether oxygens (including phenoxy) is 1. The van der Waals surface area contributed by atoms with Crippen LogP contribution in [0.4, 0.5) is 0 Å². The highest BCUT2D eigenvalue weighted by Crippen LogP contribution is 1.98. The summed E-state index contributed by atoms with van der Waals surface area (Å²) in [7, 11) is 1.45. The van der Waals surface area contributed by atoms with E-state index < -0.39 is 12.4 Å². The van der Waals surface area contributed by atoms with Crippen LogP contribution < -0.4 is 0 Å². The van der Waals surface area contributed by atoms with Crippen molar-refractivity contribution in [2.45, 2.75) is 25.7 Å². The van der Waals surface area contributed by atoms with Gasteiger partial charge in [0.25, 0.3) is 0 Å². The lowest BCUT2D eigenvalue weighted by molar-refractivity contribution is -0.134. The van der Waals surface area contributed by atoms with Gasteiger partial charge in [0.15, 0.2) is 6.29 Å². The van der Waals surface area contributed by atoms with Crippen LogP contribution in [0.5, 0.6) is 0 Å². The van der Waals surface area contributed by atoms with Gasteiger partial charge in [-0.1, -0.05) is 6.92 Å². The van der Waals surface area contributed by atoms with Gasteiger partial charge in [0.2, 0.25) is 0 Å². The summed E-state index contributed by atoms with van der Waals surface area (Å²) in [5.41, 5.74) is 0. The largest absolute Gasteiger partial charge is 0.376 e. The first-order valence-corrected chi connectivity index (χ1v) is 2.61. The summed E-state index contributed by atoms with van der Waals surface area (Å²) in [6.07, 6.45) is -1.16. The molecule has 0 aliphatic heterocycles. The van der Waals surface area contributed by atoms with Crippen molar-refractivity contribution in [3.8, 4) is 0 Å². The molecule has 0 aromatic carbocycles. The number of aliphatic hydroxyl groups is 2. The molecule has 3 nitrogen and oxygen atoms in total. The zero-order chi connectivity index (χ0) is 6.57. The molecule has 0 heterocycles. The fourth-order valence-corrected chi connectivity index (χ4v) is 0.499. The summed E-state index contributed by atoms with van der Waals surface area (Å²) in [5.74, 6) is 0. The Labute approximate surface area is 48.9 Å². The van der Waals surface area contributed by atoms with Crippen molar-refractivity contribution in [1.82, 2.24) is 0 Å². The number of methoxy groups -OCH3 is 1. The van der Waals surface area contributed by atoms with E-state index in [0.717, 1.165) is 0 Å². The van der Waals surface area contributed by atoms with E-state index in [2.05, 4.69) is 4.74 Å². The normalized spacial score (nSPS) is 14.6. The maximum Gasteiger partial charge on any atom is 0.178 e. The van der Waals surface area contributed by atoms with Gasteiger partial charge < -0.3 is 14.9 Å². The van der Waals surface area contributed by atoms with Crippen LogP contribution in [-0.4, -0.2) is 29.7 Å². The van der Waals surface area contributed by atoms with Gasteiger partial charge in [-0.05, 0) is 6.42 Å². The maximum atomic E-state index is 8.44. The van der Waals surface area contributed by atoms with Gasteiger partial charge in [-0.15, -0.1) is 0 Å². The number of rotatable bonds is 3. The molecule has 0 aromatic heterocycles. The van der Waals surface area contributed by atoms with E-state index in [9.17, 15) is 0 Å². The third-order valence-electron chi connectivity index (χ3n) is 1.04. The van der Waals surface area contributed by atoms with E-state index in [-0.39, 0.29) is 0 Å². The molecule has 50 valence electrons. The van der Waals surface area contributed by atoms with Crippen LogP contribution in [0.15, 0.2) is 0 Å². The zero-order valence-corrected chi connectivity index (χ0v) is 5.16. The molecular weight excluding hydrogens is 108 g/mol. The van der Waals surface area contributed by atoms with E-state index in [1.54, 1.807) is 0 Å². The van der Waals surface area contributed by atoms with Crippen molar-refractivity contribution in [3.63, 3.8) is 0 Å². The van der Waals surface area contributed by atoms with E-state index >= 15 is 0 Å². The van der Waals surface area contributed by atoms with Gasteiger partial charge in [0.1, 0.15) is 6.10 Å². The monoisotopic (exact) mass is 120 g/mol. The van der Waals surface area contributed by atoms with Crippen molar-refractivity contribution in [1.29, 1.82) is 0 Å². The molecule has 0 spiro atoms. The lowest BCUT2D eigenvalue weighted by Gasteiger charge is -2.13. The van der Waals surface area contributed by atoms with Crippen LogP contribution in [0.25, 0.3) is 0 Å². The second-order valence-corrected chi connectivity index (χ2v) is 1.60. The molecule has 0 radical (unpaired) electrons. The Morgan fingerprint density at radius 1 is 1.50 bits per heavy atom. The van der Waals surface area contributed by atoms with Crippen molar-refractivity contribution in [2.75, 3.05) is 7.11 Å². The number of hydrogen-bond donors (Lipinski definition) is 2. The van der Waals surface area contributed by atoms with Crippen LogP contribution >= 0.6 is 0 Å². The molecule has 0 saturated heterocycles. The fourth-order valence-electron chi connectivity index (χ4n) is 0.499. The van der Waals surface area contributed by atoms with E-state index in [0.29, 0.717) is 6.42 Å². The van der Waals surface area contributed by atoms with Crippen LogP contribution in [0, 0.1) is 0 Å². The standard InChI is InChI=1S/C5H12O3/c1-3-4(8-2)5(6)7/h4-7H,3H2,1-2H3. The average molecular weight is 120 g/mol. The smallest absolute Gasteiger partial charge is 0.178 e. The van der Waals surface area contributed by atoms with Crippen molar-refractivity contribution >= 4 is 0 Å². The molecule has 1 unspecified atom stereocenters. The zero-order valence-electron chi connectivity index (χ0n) is 5.16. The first-order chi connectivity index (χ1) is 3.72. The van der Waals surface area contributed by atoms with Gasteiger partial charge in [0.05, 0.1) is 0 Å². The Kier molecular flexibility index (Phi) is 3.77. The Hall–Kier alpha value is -0.120. The molecule has 0 fully saturated rings. The predicted octanol–water partition coefficient (Wildman–Crippen LogP) is -0.278. The third-order valence-corrected chi connectivity index (χ3v) is 1.04. The fraction of sp³-hybridized carbons (Fsp3) is 1.00. The summed E-state index contributed by atoms with van der Waals surface area (Å²) in [6.45, 7) is 1.83. The first kappa shape index (κ1) is 7.88. The number of aliphatic hydroxyl groups excluding tert-OH is 1. The van der Waals surface area contributed by atoms with Crippen LogP contribution in [0.1, 0.15) is 13.3 Å². The Morgan fingerprint density at radius 3 is 2.00 bits per heavy atom. The molecule has 0 bridgehead atoms. The topological polar surface area (TPSA) is 49.7 Å². The van der Waals surface area contributed by atoms with Gasteiger partial charge in [0, 0.05) is 7.11 Å². The Bertz CT molecular complexity index is 49.6. The molecule has 0 saturated carbocycles. The second kappa shape index (κ2) is 3.83. The highest BCUT2D eigenvalue weighted by molar-refractivity contribution is 4.53. The molecule has 1 atom stereocenters. The quantitative estimate of drug-likeness (QED) is 0.504. The molecule has 0 aliphatic rings. The lowest BCUT2D eigenvalue weighted by Crippen LogP contribution is -2.26. The summed E-state index contributed by atoms with van der Waals surface area (Å²) in [6, 6.07) is 0. The molecule has 0 rings (SSSR count). The van der Waals surface area contributed by atoms with Crippen molar-refractivity contribution < 1.29 is 14.9 Å². The van der Waals surface area contributed by atoms with Crippen molar-refractivity contribution in [2.24, 2.45) is 0 Å². The van der Waals surface area contributed by atoms with Crippen LogP contribution in [0.3, 0.4) is 0 Å². The molecular formula is C5H12O3. The highest BCUT2D eigenvalue weighted by Gasteiger charge is 2.11. The Balaban J connectivity index is 3.35. The van der Waals surface area contributed by atoms with Crippen molar-refractivity contribution in [3.05, 3.63) is 0 Å². The minimum absolute atomic E-state index is 0.435. The summed E-state index contributed by atoms with van der Waals surface area (Å²) in [5, 5.41) is 16.9. The first-order valence-electron chi connectivity index (χ1n) is 2.61. The SMILES string of the molecule is CCC(OC)C(O)O. The molecule has 0 amide bonds. The summed E-state index contributed by atoms with van der Waals surface area (Å²) in [4.78, 5) is 0. The van der Waals surface area contributed by atoms with E-state index in [1.807, 2.05) is 6.92 Å². The van der Waals surface area contributed by atoms with Gasteiger partial charge in [-0.3, -0.25) is 0 Å². The highest BCUT2D eigenvalue weighted by atomic mass is 16.5. The second-order valence-electron chi connectivity index (χ2n) is 1.60. The predicted molar refractivity (Wildman–Crippen MR) is 29.3 cm³/mol. The summed E-state index contributed by atoms with van der Waals surface area (Å²) >= 11 is 0. The van der Waals surface area contributed by atoms with Crippen LogP contribution in [-0.2, 0) is 4.74 Å². The summed E-state index contributed by atoms with van der Waals surface area (Å²) < 4.78 is 4.66. The molecule has 3 heteroatoms. The molecule has 8 heavy (non-hydrogen) atoms. The van der Waals surface area contributed by atoms with E-state index in [1.165, 1.54) is 7.11 Å². The van der Waals surface area contributed by atoms with Crippen LogP contribution in [0.2, 0.25) is 0 Å². The molecule has 2 N–H and O–H groups in total. The minimum Gasteiger partial charge on any atom is -0.376 e. The molecule has 0 aliphatic carbocycles. The molecule has 0 aromatic rings. The van der Waals surface area contributed by atoms with Gasteiger partial charge in [-0.25, -0.2) is 0 Å². The average Bonchev–Trinajstić information content (AvgIpc) is 1.69. The minimum atomic E-state index is -1.34.